The number of carboxylic acids is 1. The van der Waals surface area contributed by atoms with Crippen molar-refractivity contribution < 1.29 is 23.1 Å². The highest BCUT2D eigenvalue weighted by Gasteiger charge is 2.34. The molecule has 1 saturated heterocycles. The van der Waals surface area contributed by atoms with Crippen LogP contribution < -0.4 is 9.62 Å². The molecule has 0 aromatic heterocycles. The molecule has 10 heteroatoms. The van der Waals surface area contributed by atoms with Crippen LogP contribution in [0, 0.1) is 0 Å². The van der Waals surface area contributed by atoms with Gasteiger partial charge in [-0.05, 0) is 25.0 Å². The van der Waals surface area contributed by atoms with Gasteiger partial charge in [0.2, 0.25) is 15.9 Å². The first-order valence-corrected chi connectivity index (χ1v) is 10.4. The molecule has 0 unspecified atom stereocenters. The third-order valence-corrected chi connectivity index (χ3v) is 6.36. The summed E-state index contributed by atoms with van der Waals surface area (Å²) < 4.78 is 28.0. The third kappa shape index (κ3) is 4.63. The van der Waals surface area contributed by atoms with Gasteiger partial charge in [-0.1, -0.05) is 24.3 Å². The molecule has 8 nitrogen and oxygen atoms in total. The Morgan fingerprint density at radius 2 is 1.83 bits per heavy atom. The van der Waals surface area contributed by atoms with Crippen molar-refractivity contribution >= 4 is 50.8 Å². The van der Waals surface area contributed by atoms with Crippen molar-refractivity contribution in [3.63, 3.8) is 0 Å². The predicted octanol–water partition coefficient (Wildman–Crippen LogP) is 1.68. The Morgan fingerprint density at radius 1 is 1.17 bits per heavy atom. The first kappa shape index (κ1) is 22.9. The maximum Gasteiger partial charge on any atom is 0.326 e. The van der Waals surface area contributed by atoms with Crippen molar-refractivity contribution in [1.82, 2.24) is 9.62 Å². The SMILES string of the molecule is CN(C)c1cccc2c(S(=O)(=O)NCC(=O)N3CCC[C@H]3C(=O)O)cccc12.Cl. The summed E-state index contributed by atoms with van der Waals surface area (Å²) in [7, 11) is -0.202. The highest BCUT2D eigenvalue weighted by Crippen LogP contribution is 2.30. The maximum absolute atomic E-state index is 12.9. The minimum Gasteiger partial charge on any atom is -0.480 e. The topological polar surface area (TPSA) is 107 Å². The average Bonchev–Trinajstić information content (AvgIpc) is 3.15. The zero-order valence-electron chi connectivity index (χ0n) is 16.2. The van der Waals surface area contributed by atoms with Crippen LogP contribution in [0.15, 0.2) is 41.3 Å². The standard InChI is InChI=1S/C19H23N3O5S.ClH/c1-21(2)15-8-3-7-14-13(15)6-4-10-17(14)28(26,27)20-12-18(23)22-11-5-9-16(22)19(24)25;/h3-4,6-8,10,16,20H,5,9,11-12H2,1-2H3,(H,24,25);1H/t16-;/m0./s1. The number of benzene rings is 2. The first-order chi connectivity index (χ1) is 13.2. The van der Waals surface area contributed by atoms with Crippen LogP contribution in [-0.4, -0.2) is 63.5 Å². The highest BCUT2D eigenvalue weighted by molar-refractivity contribution is 7.89. The van der Waals surface area contributed by atoms with Crippen LogP contribution in [0.5, 0.6) is 0 Å². The molecule has 1 atom stereocenters. The van der Waals surface area contributed by atoms with Gasteiger partial charge in [-0.25, -0.2) is 17.9 Å². The van der Waals surface area contributed by atoms with Gasteiger partial charge in [-0.15, -0.1) is 12.4 Å². The summed E-state index contributed by atoms with van der Waals surface area (Å²) in [5.41, 5.74) is 0.881. The van der Waals surface area contributed by atoms with Gasteiger partial charge >= 0.3 is 5.97 Å². The van der Waals surface area contributed by atoms with Gasteiger partial charge in [0, 0.05) is 37.1 Å². The van der Waals surface area contributed by atoms with E-state index in [4.69, 9.17) is 0 Å². The van der Waals surface area contributed by atoms with E-state index in [1.807, 2.05) is 31.1 Å². The normalized spacial score (nSPS) is 16.5. The zero-order valence-corrected chi connectivity index (χ0v) is 17.8. The number of aliphatic carboxylic acids is 1. The number of nitrogens with one attached hydrogen (secondary N) is 1. The smallest absolute Gasteiger partial charge is 0.326 e. The number of carbonyl (C=O) groups is 2. The average molecular weight is 442 g/mol. The number of halogens is 1. The molecule has 158 valence electrons. The molecular formula is C19H24ClN3O5S. The summed E-state index contributed by atoms with van der Waals surface area (Å²) in [5, 5.41) is 10.5. The van der Waals surface area contributed by atoms with Crippen LogP contribution in [0.3, 0.4) is 0 Å². The number of likely N-dealkylation sites (tertiary alicyclic amines) is 1. The van der Waals surface area contributed by atoms with Crippen LogP contribution in [0.2, 0.25) is 0 Å². The minimum absolute atomic E-state index is 0. The number of sulfonamides is 1. The molecule has 3 rings (SSSR count). The van der Waals surface area contributed by atoms with Crippen molar-refractivity contribution in [1.29, 1.82) is 0 Å². The predicted molar refractivity (Wildman–Crippen MR) is 113 cm³/mol. The number of anilines is 1. The Bertz CT molecular complexity index is 1030. The van der Waals surface area contributed by atoms with Gasteiger partial charge in [0.25, 0.3) is 0 Å². The number of hydrogen-bond donors (Lipinski definition) is 2. The van der Waals surface area contributed by atoms with E-state index in [2.05, 4.69) is 4.72 Å². The fourth-order valence-electron chi connectivity index (χ4n) is 3.55. The number of fused-ring (bicyclic) bond motifs is 1. The second-order valence-corrected chi connectivity index (χ2v) is 8.67. The van der Waals surface area contributed by atoms with Crippen molar-refractivity contribution in [3.8, 4) is 0 Å². The third-order valence-electron chi connectivity index (χ3n) is 4.90. The summed E-state index contributed by atoms with van der Waals surface area (Å²) in [4.78, 5) is 26.8. The van der Waals surface area contributed by atoms with E-state index in [0.717, 1.165) is 11.1 Å². The van der Waals surface area contributed by atoms with Crippen LogP contribution in [0.4, 0.5) is 5.69 Å². The van der Waals surface area contributed by atoms with Gasteiger partial charge in [-0.2, -0.15) is 0 Å². The summed E-state index contributed by atoms with van der Waals surface area (Å²) in [6.07, 6.45) is 0.969. The first-order valence-electron chi connectivity index (χ1n) is 8.93. The lowest BCUT2D eigenvalue weighted by Gasteiger charge is -2.21. The molecule has 0 spiro atoms. The van der Waals surface area contributed by atoms with E-state index < -0.39 is 34.5 Å². The molecule has 0 bridgehead atoms. The molecular weight excluding hydrogens is 418 g/mol. The summed E-state index contributed by atoms with van der Waals surface area (Å²) in [6.45, 7) is -0.159. The van der Waals surface area contributed by atoms with Gasteiger partial charge in [-0.3, -0.25) is 4.79 Å². The second kappa shape index (κ2) is 8.98. The van der Waals surface area contributed by atoms with Gasteiger partial charge in [0.05, 0.1) is 11.4 Å². The van der Waals surface area contributed by atoms with E-state index in [1.165, 1.54) is 11.0 Å². The monoisotopic (exact) mass is 441 g/mol. The minimum atomic E-state index is -3.96. The molecule has 1 heterocycles. The molecule has 1 fully saturated rings. The largest absolute Gasteiger partial charge is 0.480 e. The van der Waals surface area contributed by atoms with Crippen molar-refractivity contribution in [2.75, 3.05) is 32.1 Å². The number of carbonyl (C=O) groups excluding carboxylic acids is 1. The quantitative estimate of drug-likeness (QED) is 0.706. The number of nitrogens with zero attached hydrogens (tertiary/aromatic N) is 2. The number of rotatable bonds is 6. The van der Waals surface area contributed by atoms with Gasteiger partial charge in [0.15, 0.2) is 0 Å². The van der Waals surface area contributed by atoms with E-state index in [9.17, 15) is 23.1 Å². The molecule has 1 amide bonds. The second-order valence-electron chi connectivity index (χ2n) is 6.93. The van der Waals surface area contributed by atoms with E-state index in [0.29, 0.717) is 24.8 Å². The zero-order chi connectivity index (χ0) is 20.5. The molecule has 0 saturated carbocycles. The van der Waals surface area contributed by atoms with E-state index in [1.54, 1.807) is 18.2 Å². The van der Waals surface area contributed by atoms with Crippen LogP contribution in [0.1, 0.15) is 12.8 Å². The fourth-order valence-corrected chi connectivity index (χ4v) is 4.74. The summed E-state index contributed by atoms with van der Waals surface area (Å²) in [5.74, 6) is -1.61. The Kier molecular flexibility index (Phi) is 7.10. The molecule has 2 aromatic carbocycles. The van der Waals surface area contributed by atoms with Crippen molar-refractivity contribution in [2.24, 2.45) is 0 Å². The number of carboxylic acid groups (broad SMARTS) is 1. The Balaban J connectivity index is 0.00000300. The number of amides is 1. The number of hydrogen-bond acceptors (Lipinski definition) is 5. The van der Waals surface area contributed by atoms with Crippen LogP contribution in [-0.2, 0) is 19.6 Å². The lowest BCUT2D eigenvalue weighted by atomic mass is 10.1. The van der Waals surface area contributed by atoms with E-state index >= 15 is 0 Å². The Morgan fingerprint density at radius 3 is 2.48 bits per heavy atom. The molecule has 1 aliphatic heterocycles. The van der Waals surface area contributed by atoms with Crippen molar-refractivity contribution in [3.05, 3.63) is 36.4 Å². The molecule has 2 aromatic rings. The molecule has 0 radical (unpaired) electrons. The summed E-state index contributed by atoms with van der Waals surface area (Å²) in [6, 6.07) is 9.50. The molecule has 29 heavy (non-hydrogen) atoms. The highest BCUT2D eigenvalue weighted by atomic mass is 35.5. The molecule has 1 aliphatic rings. The Labute approximate surface area is 175 Å². The molecule has 0 aliphatic carbocycles. The van der Waals surface area contributed by atoms with Gasteiger partial charge < -0.3 is 14.9 Å². The summed E-state index contributed by atoms with van der Waals surface area (Å²) >= 11 is 0. The lowest BCUT2D eigenvalue weighted by Crippen LogP contribution is -2.45. The van der Waals surface area contributed by atoms with E-state index in [-0.39, 0.29) is 17.3 Å². The van der Waals surface area contributed by atoms with Crippen molar-refractivity contribution in [2.45, 2.75) is 23.8 Å². The maximum atomic E-state index is 12.9. The van der Waals surface area contributed by atoms with Crippen LogP contribution >= 0.6 is 12.4 Å². The molecule has 2 N–H and O–H groups in total. The van der Waals surface area contributed by atoms with Gasteiger partial charge in [0.1, 0.15) is 6.04 Å². The van der Waals surface area contributed by atoms with Crippen LogP contribution in [0.25, 0.3) is 10.8 Å². The Hall–Kier alpha value is -2.36. The fraction of sp³-hybridized carbons (Fsp3) is 0.368. The lowest BCUT2D eigenvalue weighted by molar-refractivity contribution is -0.147.